The Labute approximate surface area is 147 Å². The molecule has 0 radical (unpaired) electrons. The number of hydrogen-bond donors (Lipinski definition) is 0. The minimum Gasteiger partial charge on any atom is -0.295 e. The number of benzene rings is 2. The van der Waals surface area contributed by atoms with Gasteiger partial charge >= 0.3 is 0 Å². The van der Waals surface area contributed by atoms with E-state index < -0.39 is 0 Å². The van der Waals surface area contributed by atoms with Crippen molar-refractivity contribution in [3.8, 4) is 0 Å². The topological polar surface area (TPSA) is 17.1 Å². The van der Waals surface area contributed by atoms with Gasteiger partial charge in [0.15, 0.2) is 5.78 Å². The Morgan fingerprint density at radius 3 is 2.12 bits per heavy atom. The molecule has 0 amide bonds. The first-order valence-electron chi connectivity index (χ1n) is 8.89. The molecule has 0 fully saturated rings. The summed E-state index contributed by atoms with van der Waals surface area (Å²) >= 11 is 0. The van der Waals surface area contributed by atoms with E-state index in [0.29, 0.717) is 5.92 Å². The van der Waals surface area contributed by atoms with Crippen LogP contribution in [-0.4, -0.2) is 5.78 Å². The summed E-state index contributed by atoms with van der Waals surface area (Å²) in [6.07, 6.45) is 6.12. The van der Waals surface area contributed by atoms with Gasteiger partial charge in [-0.25, -0.2) is 0 Å². The van der Waals surface area contributed by atoms with Crippen LogP contribution in [0.2, 0.25) is 0 Å². The van der Waals surface area contributed by atoms with Gasteiger partial charge in [-0.2, -0.15) is 0 Å². The van der Waals surface area contributed by atoms with Crippen LogP contribution in [0, 0.1) is 0 Å². The molecule has 0 heterocycles. The first-order valence-corrected chi connectivity index (χ1v) is 8.89. The van der Waals surface area contributed by atoms with Crippen molar-refractivity contribution in [2.45, 2.75) is 52.4 Å². The normalized spacial score (nSPS) is 11.1. The molecule has 0 saturated carbocycles. The van der Waals surface area contributed by atoms with Crippen molar-refractivity contribution in [1.82, 2.24) is 0 Å². The van der Waals surface area contributed by atoms with Gasteiger partial charge in [0.25, 0.3) is 0 Å². The van der Waals surface area contributed by atoms with Gasteiger partial charge < -0.3 is 0 Å². The Kier molecular flexibility index (Phi) is 9.45. The number of allylic oxidation sites excluding steroid dienone is 1. The summed E-state index contributed by atoms with van der Waals surface area (Å²) in [6, 6.07) is 19.9. The first-order chi connectivity index (χ1) is 11.6. The van der Waals surface area contributed by atoms with Gasteiger partial charge in [-0.3, -0.25) is 4.79 Å². The predicted octanol–water partition coefficient (Wildman–Crippen LogP) is 6.33. The molecule has 1 nitrogen and oxygen atoms in total. The number of aryl methyl sites for hydroxylation is 1. The third-order valence-corrected chi connectivity index (χ3v) is 4.02. The molecule has 0 N–H and O–H groups in total. The van der Waals surface area contributed by atoms with Crippen molar-refractivity contribution in [3.05, 3.63) is 83.9 Å². The van der Waals surface area contributed by atoms with Crippen LogP contribution in [0.1, 0.15) is 62.6 Å². The lowest BCUT2D eigenvalue weighted by atomic mass is 9.84. The minimum absolute atomic E-state index is 0.0185. The molecule has 1 unspecified atom stereocenters. The smallest absolute Gasteiger partial charge is 0.152 e. The van der Waals surface area contributed by atoms with Crippen LogP contribution in [0.4, 0.5) is 0 Å². The lowest BCUT2D eigenvalue weighted by molar-refractivity contribution is -0.112. The van der Waals surface area contributed by atoms with E-state index in [1.165, 1.54) is 55.4 Å². The number of hydrogen-bond acceptors (Lipinski definition) is 1. The number of ketones is 1. The Morgan fingerprint density at radius 2 is 1.58 bits per heavy atom. The molecular formula is C23H30O. The van der Waals surface area contributed by atoms with Gasteiger partial charge in [0.1, 0.15) is 0 Å². The van der Waals surface area contributed by atoms with Crippen LogP contribution in [0.3, 0.4) is 0 Å². The van der Waals surface area contributed by atoms with Gasteiger partial charge in [-0.1, -0.05) is 87.9 Å². The second-order valence-electron chi connectivity index (χ2n) is 6.02. The summed E-state index contributed by atoms with van der Waals surface area (Å²) < 4.78 is 0. The van der Waals surface area contributed by atoms with E-state index in [1.54, 1.807) is 0 Å². The van der Waals surface area contributed by atoms with Crippen LogP contribution in [-0.2, 0) is 11.2 Å². The van der Waals surface area contributed by atoms with E-state index in [-0.39, 0.29) is 5.78 Å². The van der Waals surface area contributed by atoms with Crippen molar-refractivity contribution in [2.75, 3.05) is 0 Å². The third kappa shape index (κ3) is 6.54. The van der Waals surface area contributed by atoms with E-state index in [9.17, 15) is 4.79 Å². The van der Waals surface area contributed by atoms with Crippen molar-refractivity contribution in [2.24, 2.45) is 0 Å². The van der Waals surface area contributed by atoms with Crippen LogP contribution in [0.15, 0.2) is 67.3 Å². The summed E-state index contributed by atoms with van der Waals surface area (Å²) in [7, 11) is 0. The molecule has 0 saturated heterocycles. The van der Waals surface area contributed by atoms with E-state index >= 15 is 0 Å². The molecule has 0 aliphatic heterocycles. The zero-order chi connectivity index (χ0) is 17.8. The summed E-state index contributed by atoms with van der Waals surface area (Å²) in [4.78, 5) is 9.69. The fraction of sp³-hybridized carbons (Fsp3) is 0.348. The van der Waals surface area contributed by atoms with Crippen LogP contribution < -0.4 is 0 Å². The quantitative estimate of drug-likeness (QED) is 0.544. The monoisotopic (exact) mass is 322 g/mol. The first kappa shape index (κ1) is 19.9. The molecule has 1 atom stereocenters. The Balaban J connectivity index is 0.000000505. The van der Waals surface area contributed by atoms with Gasteiger partial charge in [0.2, 0.25) is 0 Å². The summed E-state index contributed by atoms with van der Waals surface area (Å²) in [6.45, 7) is 9.21. The Hall–Kier alpha value is -2.15. The standard InChI is InChI=1S/C19H24.C4H6O/c1-3-10-16-14-8-9-15-19(16)18(11-4-2)17-12-6-5-7-13-17;1-3-4(2)5/h5-9,12-15,18H,3-4,10-11H2,1-2H3;3H,1H2,2H3. The molecule has 2 rings (SSSR count). The molecule has 1 heteroatoms. The van der Waals surface area contributed by atoms with Gasteiger partial charge in [0, 0.05) is 5.92 Å². The summed E-state index contributed by atoms with van der Waals surface area (Å²) in [5.74, 6) is 0.568. The molecule has 0 aliphatic rings. The molecule has 0 bridgehead atoms. The van der Waals surface area contributed by atoms with Gasteiger partial charge in [-0.05, 0) is 42.5 Å². The Bertz CT molecular complexity index is 613. The molecular weight excluding hydrogens is 292 g/mol. The largest absolute Gasteiger partial charge is 0.295 e. The second-order valence-corrected chi connectivity index (χ2v) is 6.02. The number of carbonyl (C=O) groups excluding carboxylic acids is 1. The highest BCUT2D eigenvalue weighted by molar-refractivity contribution is 5.86. The maximum absolute atomic E-state index is 9.69. The average Bonchev–Trinajstić information content (AvgIpc) is 2.62. The van der Waals surface area contributed by atoms with Gasteiger partial charge in [0.05, 0.1) is 0 Å². The molecule has 0 spiro atoms. The van der Waals surface area contributed by atoms with Gasteiger partial charge in [-0.15, -0.1) is 0 Å². The zero-order valence-electron chi connectivity index (χ0n) is 15.3. The summed E-state index contributed by atoms with van der Waals surface area (Å²) in [5, 5.41) is 0. The average molecular weight is 322 g/mol. The fourth-order valence-electron chi connectivity index (χ4n) is 2.85. The molecule has 24 heavy (non-hydrogen) atoms. The van der Waals surface area contributed by atoms with Crippen molar-refractivity contribution < 1.29 is 4.79 Å². The molecule has 0 aliphatic carbocycles. The highest BCUT2D eigenvalue weighted by Crippen LogP contribution is 2.31. The van der Waals surface area contributed by atoms with E-state index in [0.717, 1.165) is 0 Å². The van der Waals surface area contributed by atoms with Crippen molar-refractivity contribution in [3.63, 3.8) is 0 Å². The molecule has 0 aromatic heterocycles. The zero-order valence-corrected chi connectivity index (χ0v) is 15.3. The lowest BCUT2D eigenvalue weighted by Gasteiger charge is -2.20. The summed E-state index contributed by atoms with van der Waals surface area (Å²) in [5.41, 5.74) is 4.50. The van der Waals surface area contributed by atoms with E-state index in [4.69, 9.17) is 0 Å². The fourth-order valence-corrected chi connectivity index (χ4v) is 2.85. The minimum atomic E-state index is 0.0185. The SMILES string of the molecule is C=CC(C)=O.CCCc1ccccc1C(CCC)c1ccccc1. The van der Waals surface area contributed by atoms with Crippen LogP contribution in [0.25, 0.3) is 0 Å². The van der Waals surface area contributed by atoms with Crippen molar-refractivity contribution >= 4 is 5.78 Å². The highest BCUT2D eigenvalue weighted by Gasteiger charge is 2.15. The van der Waals surface area contributed by atoms with E-state index in [1.807, 2.05) is 0 Å². The Morgan fingerprint density at radius 1 is 1.00 bits per heavy atom. The van der Waals surface area contributed by atoms with E-state index in [2.05, 4.69) is 75.0 Å². The number of carbonyl (C=O) groups is 1. The third-order valence-electron chi connectivity index (χ3n) is 4.02. The van der Waals surface area contributed by atoms with Crippen LogP contribution in [0.5, 0.6) is 0 Å². The molecule has 128 valence electrons. The lowest BCUT2D eigenvalue weighted by Crippen LogP contribution is -2.04. The second kappa shape index (κ2) is 11.4. The number of rotatable bonds is 7. The molecule has 2 aromatic rings. The highest BCUT2D eigenvalue weighted by atomic mass is 16.1. The van der Waals surface area contributed by atoms with Crippen molar-refractivity contribution in [1.29, 1.82) is 0 Å². The predicted molar refractivity (Wildman–Crippen MR) is 105 cm³/mol. The maximum Gasteiger partial charge on any atom is 0.152 e. The maximum atomic E-state index is 9.69. The van der Waals surface area contributed by atoms with Crippen LogP contribution >= 0.6 is 0 Å². The molecule has 2 aromatic carbocycles.